The molecule has 6 aromatic rings. The van der Waals surface area contributed by atoms with Crippen LogP contribution in [0.3, 0.4) is 0 Å². The maximum absolute atomic E-state index is 14.3. The molecule has 0 fully saturated rings. The van der Waals surface area contributed by atoms with E-state index in [1.807, 2.05) is 36.4 Å². The van der Waals surface area contributed by atoms with Crippen LogP contribution in [-0.2, 0) is 0 Å². The van der Waals surface area contributed by atoms with Gasteiger partial charge in [-0.3, -0.25) is 9.97 Å². The molecule has 0 aliphatic rings. The van der Waals surface area contributed by atoms with Crippen molar-refractivity contribution in [3.63, 3.8) is 0 Å². The van der Waals surface area contributed by atoms with Crippen LogP contribution >= 0.6 is 0 Å². The zero-order chi connectivity index (χ0) is 20.1. The first kappa shape index (κ1) is 16.7. The van der Waals surface area contributed by atoms with Crippen molar-refractivity contribution in [3.05, 3.63) is 85.7 Å². The molecule has 2 aromatic carbocycles. The molecule has 0 aliphatic carbocycles. The lowest BCUT2D eigenvalue weighted by Gasteiger charge is -2.16. The summed E-state index contributed by atoms with van der Waals surface area (Å²) in [5.74, 6) is -0.410. The summed E-state index contributed by atoms with van der Waals surface area (Å²) >= 11 is 0. The Morgan fingerprint density at radius 3 is 2.60 bits per heavy atom. The molecule has 0 amide bonds. The predicted octanol–water partition coefficient (Wildman–Crippen LogP) is 5.79. The van der Waals surface area contributed by atoms with Crippen LogP contribution in [0.4, 0.5) is 4.39 Å². The van der Waals surface area contributed by atoms with Crippen LogP contribution in [0.2, 0.25) is 0 Å². The van der Waals surface area contributed by atoms with Crippen LogP contribution in [0.25, 0.3) is 55.0 Å². The number of furan rings is 1. The molecule has 4 aromatic heterocycles. The van der Waals surface area contributed by atoms with E-state index in [2.05, 4.69) is 19.9 Å². The molecule has 0 aliphatic heterocycles. The van der Waals surface area contributed by atoms with E-state index in [1.165, 1.54) is 18.6 Å². The monoisotopic (exact) mass is 392 g/mol. The minimum absolute atomic E-state index is 0.410. The molecular formula is C24H13FN4O. The highest BCUT2D eigenvalue weighted by Gasteiger charge is 2.22. The Hall–Kier alpha value is -4.19. The van der Waals surface area contributed by atoms with Crippen molar-refractivity contribution in [2.45, 2.75) is 0 Å². The Bertz CT molecular complexity index is 1560. The number of aromatic nitrogens is 4. The molecule has 0 unspecified atom stereocenters. The fraction of sp³-hybridized carbons (Fsp3) is 0. The molecular weight excluding hydrogens is 379 g/mol. The molecule has 6 heteroatoms. The molecule has 0 spiro atoms. The molecule has 0 bridgehead atoms. The average molecular weight is 392 g/mol. The van der Waals surface area contributed by atoms with Gasteiger partial charge in [0.2, 0.25) is 0 Å². The zero-order valence-corrected chi connectivity index (χ0v) is 15.6. The number of hydrogen-bond acceptors (Lipinski definition) is 5. The maximum atomic E-state index is 14.3. The first-order chi connectivity index (χ1) is 14.8. The number of rotatable bonds is 2. The van der Waals surface area contributed by atoms with Gasteiger partial charge in [-0.25, -0.2) is 14.4 Å². The van der Waals surface area contributed by atoms with Gasteiger partial charge >= 0.3 is 0 Å². The highest BCUT2D eigenvalue weighted by Crippen LogP contribution is 2.45. The van der Waals surface area contributed by atoms with Crippen molar-refractivity contribution in [3.8, 4) is 22.3 Å². The van der Waals surface area contributed by atoms with Gasteiger partial charge < -0.3 is 4.42 Å². The van der Waals surface area contributed by atoms with E-state index in [-0.39, 0.29) is 0 Å². The van der Waals surface area contributed by atoms with E-state index in [9.17, 15) is 4.39 Å². The number of para-hydroxylation sites is 1. The standard InChI is InChI=1S/C24H13FN4O/c25-15-8-17-21(14-4-3-7-26-9-14)22(19-12-30-20-6-2-1-5-16(19)20)24-18(11-27-13-29-24)23(17)28-10-15/h1-13H. The van der Waals surface area contributed by atoms with Gasteiger partial charge in [-0.1, -0.05) is 24.3 Å². The van der Waals surface area contributed by atoms with Crippen molar-refractivity contribution in [1.29, 1.82) is 0 Å². The van der Waals surface area contributed by atoms with Crippen LogP contribution in [0.5, 0.6) is 0 Å². The SMILES string of the molecule is Fc1cnc2c(c1)c(-c1cccnc1)c(-c1coc3ccccc13)c1ncncc12. The Labute approximate surface area is 169 Å². The third kappa shape index (κ3) is 2.40. The summed E-state index contributed by atoms with van der Waals surface area (Å²) in [5, 5.41) is 2.37. The van der Waals surface area contributed by atoms with Gasteiger partial charge in [0.25, 0.3) is 0 Å². The molecule has 6 rings (SSSR count). The van der Waals surface area contributed by atoms with Crippen molar-refractivity contribution < 1.29 is 8.81 Å². The second-order valence-corrected chi connectivity index (χ2v) is 6.97. The first-order valence-electron chi connectivity index (χ1n) is 9.39. The summed E-state index contributed by atoms with van der Waals surface area (Å²) in [6.45, 7) is 0. The molecule has 4 heterocycles. The van der Waals surface area contributed by atoms with E-state index >= 15 is 0 Å². The van der Waals surface area contributed by atoms with Gasteiger partial charge in [-0.15, -0.1) is 0 Å². The summed E-state index contributed by atoms with van der Waals surface area (Å²) in [6, 6.07) is 13.1. The Morgan fingerprint density at radius 2 is 1.70 bits per heavy atom. The fourth-order valence-electron chi connectivity index (χ4n) is 4.04. The molecule has 5 nitrogen and oxygen atoms in total. The minimum Gasteiger partial charge on any atom is -0.464 e. The van der Waals surface area contributed by atoms with Gasteiger partial charge in [0.15, 0.2) is 0 Å². The number of fused-ring (bicyclic) bond motifs is 4. The summed E-state index contributed by atoms with van der Waals surface area (Å²) < 4.78 is 20.2. The highest BCUT2D eigenvalue weighted by atomic mass is 19.1. The second kappa shape index (κ2) is 6.42. The van der Waals surface area contributed by atoms with Crippen molar-refractivity contribution in [2.24, 2.45) is 0 Å². The van der Waals surface area contributed by atoms with Gasteiger partial charge in [0, 0.05) is 57.0 Å². The topological polar surface area (TPSA) is 64.7 Å². The minimum atomic E-state index is -0.410. The molecule has 30 heavy (non-hydrogen) atoms. The Morgan fingerprint density at radius 1 is 0.767 bits per heavy atom. The quantitative estimate of drug-likeness (QED) is 0.349. The first-order valence-corrected chi connectivity index (χ1v) is 9.39. The summed E-state index contributed by atoms with van der Waals surface area (Å²) in [4.78, 5) is 17.5. The number of benzene rings is 2. The molecule has 0 atom stereocenters. The van der Waals surface area contributed by atoms with Crippen LogP contribution < -0.4 is 0 Å². The van der Waals surface area contributed by atoms with Crippen LogP contribution in [0.1, 0.15) is 0 Å². The van der Waals surface area contributed by atoms with Gasteiger partial charge in [-0.05, 0) is 18.2 Å². The summed E-state index contributed by atoms with van der Waals surface area (Å²) in [6.07, 6.45) is 9.64. The molecule has 0 saturated heterocycles. The number of pyridine rings is 2. The van der Waals surface area contributed by atoms with Crippen molar-refractivity contribution in [2.75, 3.05) is 0 Å². The number of nitrogens with zero attached hydrogens (tertiary/aromatic N) is 4. The lowest BCUT2D eigenvalue weighted by molar-refractivity contribution is 0.617. The average Bonchev–Trinajstić information content (AvgIpc) is 3.22. The fourth-order valence-corrected chi connectivity index (χ4v) is 4.04. The van der Waals surface area contributed by atoms with Crippen molar-refractivity contribution in [1.82, 2.24) is 19.9 Å². The summed E-state index contributed by atoms with van der Waals surface area (Å²) in [7, 11) is 0. The lowest BCUT2D eigenvalue weighted by Crippen LogP contribution is -1.96. The normalized spacial score (nSPS) is 11.5. The van der Waals surface area contributed by atoms with E-state index < -0.39 is 5.82 Å². The Balaban J connectivity index is 1.90. The highest BCUT2D eigenvalue weighted by molar-refractivity contribution is 6.20. The number of hydrogen-bond donors (Lipinski definition) is 0. The summed E-state index contributed by atoms with van der Waals surface area (Å²) in [5.41, 5.74) is 5.50. The van der Waals surface area contributed by atoms with E-state index in [4.69, 9.17) is 4.42 Å². The molecule has 0 N–H and O–H groups in total. The third-order valence-corrected chi connectivity index (χ3v) is 5.28. The maximum Gasteiger partial charge on any atom is 0.142 e. The largest absolute Gasteiger partial charge is 0.464 e. The predicted molar refractivity (Wildman–Crippen MR) is 113 cm³/mol. The lowest BCUT2D eigenvalue weighted by atomic mass is 9.89. The Kier molecular flexibility index (Phi) is 3.58. The van der Waals surface area contributed by atoms with E-state index in [1.54, 1.807) is 24.9 Å². The third-order valence-electron chi connectivity index (χ3n) is 5.28. The van der Waals surface area contributed by atoms with Gasteiger partial charge in [0.1, 0.15) is 17.7 Å². The van der Waals surface area contributed by atoms with E-state index in [0.717, 1.165) is 44.1 Å². The zero-order valence-electron chi connectivity index (χ0n) is 15.6. The van der Waals surface area contributed by atoms with Crippen LogP contribution in [0, 0.1) is 5.82 Å². The van der Waals surface area contributed by atoms with Crippen LogP contribution in [0.15, 0.2) is 84.3 Å². The van der Waals surface area contributed by atoms with Gasteiger partial charge in [0.05, 0.1) is 23.5 Å². The molecule has 0 saturated carbocycles. The van der Waals surface area contributed by atoms with E-state index in [0.29, 0.717) is 10.9 Å². The molecule has 142 valence electrons. The smallest absolute Gasteiger partial charge is 0.142 e. The van der Waals surface area contributed by atoms with Crippen molar-refractivity contribution >= 4 is 32.8 Å². The number of halogens is 1. The molecule has 0 radical (unpaired) electrons. The van der Waals surface area contributed by atoms with Crippen LogP contribution in [-0.4, -0.2) is 19.9 Å². The van der Waals surface area contributed by atoms with Gasteiger partial charge in [-0.2, -0.15) is 0 Å². The second-order valence-electron chi connectivity index (χ2n) is 6.97.